The fourth-order valence-corrected chi connectivity index (χ4v) is 2.06. The molecule has 0 saturated heterocycles. The molecule has 0 unspecified atom stereocenters. The van der Waals surface area contributed by atoms with Crippen LogP contribution in [0.5, 0.6) is 0 Å². The fraction of sp³-hybridized carbons (Fsp3) is 0.400. The normalized spacial score (nSPS) is 11.7. The van der Waals surface area contributed by atoms with E-state index >= 15 is 0 Å². The van der Waals surface area contributed by atoms with Gasteiger partial charge in [0.25, 0.3) is 0 Å². The van der Waals surface area contributed by atoms with Crippen LogP contribution in [-0.4, -0.2) is 22.6 Å². The average molecular weight is 260 g/mol. The van der Waals surface area contributed by atoms with Crippen molar-refractivity contribution in [3.8, 4) is 0 Å². The summed E-state index contributed by atoms with van der Waals surface area (Å²) in [5.74, 6) is -0.311. The van der Waals surface area contributed by atoms with Gasteiger partial charge < -0.3 is 15.4 Å². The molecule has 4 heteroatoms. The van der Waals surface area contributed by atoms with Gasteiger partial charge in [-0.2, -0.15) is 0 Å². The number of H-pyrrole nitrogens is 1. The third-order valence-electron chi connectivity index (χ3n) is 3.10. The zero-order valence-corrected chi connectivity index (χ0v) is 11.6. The summed E-state index contributed by atoms with van der Waals surface area (Å²) in [6.45, 7) is 7.24. The molecule has 0 aliphatic rings. The van der Waals surface area contributed by atoms with E-state index in [0.29, 0.717) is 11.4 Å². The lowest BCUT2D eigenvalue weighted by Gasteiger charge is -2.18. The summed E-state index contributed by atoms with van der Waals surface area (Å²) < 4.78 is 0. The highest BCUT2D eigenvalue weighted by atomic mass is 16.4. The second-order valence-electron chi connectivity index (χ2n) is 5.96. The predicted molar refractivity (Wildman–Crippen MR) is 77.8 cm³/mol. The van der Waals surface area contributed by atoms with E-state index in [-0.39, 0.29) is 5.41 Å². The molecule has 0 radical (unpaired) electrons. The minimum Gasteiger partial charge on any atom is -0.478 e. The van der Waals surface area contributed by atoms with Gasteiger partial charge in [-0.05, 0) is 17.9 Å². The Kier molecular flexibility index (Phi) is 3.51. The van der Waals surface area contributed by atoms with Crippen LogP contribution in [0.15, 0.2) is 24.3 Å². The Labute approximate surface area is 112 Å². The van der Waals surface area contributed by atoms with E-state index in [9.17, 15) is 9.90 Å². The third-order valence-corrected chi connectivity index (χ3v) is 3.10. The van der Waals surface area contributed by atoms with Crippen molar-refractivity contribution in [2.75, 3.05) is 11.9 Å². The number of aromatic nitrogens is 1. The maximum Gasteiger partial charge on any atom is 0.340 e. The highest BCUT2D eigenvalue weighted by molar-refractivity contribution is 6.08. The maximum atomic E-state index is 11.4. The lowest BCUT2D eigenvalue weighted by atomic mass is 9.92. The quantitative estimate of drug-likeness (QED) is 0.785. The highest BCUT2D eigenvalue weighted by Crippen LogP contribution is 2.27. The van der Waals surface area contributed by atoms with Gasteiger partial charge in [0, 0.05) is 17.4 Å². The Morgan fingerprint density at radius 3 is 2.63 bits per heavy atom. The number of anilines is 1. The molecule has 0 saturated carbocycles. The minimum atomic E-state index is -0.907. The number of fused-ring (bicyclic) bond motifs is 1. The molecule has 0 spiro atoms. The van der Waals surface area contributed by atoms with Crippen LogP contribution in [0.1, 0.15) is 37.6 Å². The molecule has 1 aromatic heterocycles. The fourth-order valence-electron chi connectivity index (χ4n) is 2.06. The molecule has 19 heavy (non-hydrogen) atoms. The number of carboxylic acids is 1. The Morgan fingerprint density at radius 2 is 2.00 bits per heavy atom. The van der Waals surface area contributed by atoms with Gasteiger partial charge in [-0.25, -0.2) is 4.79 Å². The van der Waals surface area contributed by atoms with Crippen LogP contribution in [0.2, 0.25) is 0 Å². The number of nitrogens with one attached hydrogen (secondary N) is 2. The molecular weight excluding hydrogens is 240 g/mol. The second-order valence-corrected chi connectivity index (χ2v) is 5.96. The van der Waals surface area contributed by atoms with E-state index in [4.69, 9.17) is 0 Å². The van der Waals surface area contributed by atoms with Crippen LogP contribution < -0.4 is 5.32 Å². The average Bonchev–Trinajstić information content (AvgIpc) is 2.65. The van der Waals surface area contributed by atoms with Crippen molar-refractivity contribution < 1.29 is 9.90 Å². The number of hydrogen-bond acceptors (Lipinski definition) is 2. The van der Waals surface area contributed by atoms with E-state index in [2.05, 4.69) is 31.1 Å². The predicted octanol–water partition coefficient (Wildman–Crippen LogP) is 3.71. The number of carboxylic acid groups (broad SMARTS) is 1. The SMILES string of the molecule is CC(C)(C)CCNc1[nH]c2ccccc2c1C(=O)O. The summed E-state index contributed by atoms with van der Waals surface area (Å²) in [6.07, 6.45) is 0.974. The number of aromatic amines is 1. The monoisotopic (exact) mass is 260 g/mol. The van der Waals surface area contributed by atoms with E-state index in [1.54, 1.807) is 0 Å². The van der Waals surface area contributed by atoms with Gasteiger partial charge in [0.2, 0.25) is 0 Å². The first-order chi connectivity index (χ1) is 8.88. The lowest BCUT2D eigenvalue weighted by Crippen LogP contribution is -2.14. The number of rotatable bonds is 4. The van der Waals surface area contributed by atoms with Crippen molar-refractivity contribution in [2.45, 2.75) is 27.2 Å². The molecule has 0 aliphatic heterocycles. The van der Waals surface area contributed by atoms with Crippen LogP contribution in [-0.2, 0) is 0 Å². The molecular formula is C15H20N2O2. The lowest BCUT2D eigenvalue weighted by molar-refractivity contribution is 0.0700. The molecule has 4 nitrogen and oxygen atoms in total. The van der Waals surface area contributed by atoms with Gasteiger partial charge in [0.05, 0.1) is 0 Å². The van der Waals surface area contributed by atoms with Crippen LogP contribution >= 0.6 is 0 Å². The summed E-state index contributed by atoms with van der Waals surface area (Å²) in [6, 6.07) is 7.45. The first-order valence-corrected chi connectivity index (χ1v) is 6.46. The van der Waals surface area contributed by atoms with Crippen molar-refractivity contribution in [2.24, 2.45) is 5.41 Å². The smallest absolute Gasteiger partial charge is 0.340 e. The van der Waals surface area contributed by atoms with E-state index in [0.717, 1.165) is 23.9 Å². The van der Waals surface area contributed by atoms with Crippen molar-refractivity contribution in [3.05, 3.63) is 29.8 Å². The molecule has 0 atom stereocenters. The number of hydrogen-bond donors (Lipinski definition) is 3. The Balaban J connectivity index is 2.27. The van der Waals surface area contributed by atoms with Crippen LogP contribution in [0.3, 0.4) is 0 Å². The number of aromatic carboxylic acids is 1. The van der Waals surface area contributed by atoms with Crippen LogP contribution in [0.25, 0.3) is 10.9 Å². The molecule has 0 bridgehead atoms. The Morgan fingerprint density at radius 1 is 1.32 bits per heavy atom. The van der Waals surface area contributed by atoms with E-state index in [1.165, 1.54) is 0 Å². The summed E-state index contributed by atoms with van der Waals surface area (Å²) in [5.41, 5.74) is 1.39. The summed E-state index contributed by atoms with van der Waals surface area (Å²) >= 11 is 0. The Bertz CT molecular complexity index is 594. The largest absolute Gasteiger partial charge is 0.478 e. The number of carbonyl (C=O) groups is 1. The molecule has 0 aliphatic carbocycles. The topological polar surface area (TPSA) is 65.1 Å². The molecule has 1 aromatic carbocycles. The van der Waals surface area contributed by atoms with Gasteiger partial charge >= 0.3 is 5.97 Å². The van der Waals surface area contributed by atoms with Gasteiger partial charge in [0.1, 0.15) is 11.4 Å². The summed E-state index contributed by atoms with van der Waals surface area (Å²) in [4.78, 5) is 14.5. The molecule has 2 aromatic rings. The van der Waals surface area contributed by atoms with Crippen LogP contribution in [0.4, 0.5) is 5.82 Å². The molecule has 0 fully saturated rings. The molecule has 3 N–H and O–H groups in total. The Hall–Kier alpha value is -1.97. The van der Waals surface area contributed by atoms with E-state index in [1.807, 2.05) is 24.3 Å². The molecule has 2 rings (SSSR count). The minimum absolute atomic E-state index is 0.225. The number of para-hydroxylation sites is 1. The molecule has 1 heterocycles. The van der Waals surface area contributed by atoms with Crippen molar-refractivity contribution in [3.63, 3.8) is 0 Å². The van der Waals surface area contributed by atoms with Crippen molar-refractivity contribution in [1.82, 2.24) is 4.98 Å². The molecule has 0 amide bonds. The summed E-state index contributed by atoms with van der Waals surface area (Å²) in [5, 5.41) is 13.3. The third kappa shape index (κ3) is 3.08. The van der Waals surface area contributed by atoms with Crippen molar-refractivity contribution >= 4 is 22.7 Å². The van der Waals surface area contributed by atoms with Gasteiger partial charge in [-0.1, -0.05) is 39.0 Å². The second kappa shape index (κ2) is 4.96. The zero-order chi connectivity index (χ0) is 14.0. The van der Waals surface area contributed by atoms with Crippen molar-refractivity contribution in [1.29, 1.82) is 0 Å². The maximum absolute atomic E-state index is 11.4. The van der Waals surface area contributed by atoms with Crippen LogP contribution in [0, 0.1) is 5.41 Å². The first-order valence-electron chi connectivity index (χ1n) is 6.46. The summed E-state index contributed by atoms with van der Waals surface area (Å²) in [7, 11) is 0. The van der Waals surface area contributed by atoms with Gasteiger partial charge in [-0.15, -0.1) is 0 Å². The van der Waals surface area contributed by atoms with Gasteiger partial charge in [-0.3, -0.25) is 0 Å². The zero-order valence-electron chi connectivity index (χ0n) is 11.6. The molecule has 102 valence electrons. The highest BCUT2D eigenvalue weighted by Gasteiger charge is 2.18. The standard InChI is InChI=1S/C15H20N2O2/c1-15(2,3)8-9-16-13-12(14(18)19)10-6-4-5-7-11(10)17-13/h4-7,16-17H,8-9H2,1-3H3,(H,18,19). The first kappa shape index (κ1) is 13.5. The van der Waals surface area contributed by atoms with Gasteiger partial charge in [0.15, 0.2) is 0 Å². The number of benzene rings is 1. The van der Waals surface area contributed by atoms with E-state index < -0.39 is 5.97 Å².